The summed E-state index contributed by atoms with van der Waals surface area (Å²) in [6, 6.07) is 17.8. The summed E-state index contributed by atoms with van der Waals surface area (Å²) in [5.41, 5.74) is 9.42. The normalized spacial score (nSPS) is 27.2. The smallest absolute Gasteiger partial charge is 0.354 e. The molecule has 2 aromatic carbocycles. The number of carbonyl (C=O) groups is 2. The van der Waals surface area contributed by atoms with Crippen molar-refractivity contribution >= 4 is 45.1 Å². The van der Waals surface area contributed by atoms with E-state index in [0.717, 1.165) is 87.1 Å². The number of nitrogens with zero attached hydrogens (tertiary/aromatic N) is 4. The van der Waals surface area contributed by atoms with Gasteiger partial charge in [0.2, 0.25) is 0 Å². The summed E-state index contributed by atoms with van der Waals surface area (Å²) in [4.78, 5) is 31.2. The van der Waals surface area contributed by atoms with E-state index in [4.69, 9.17) is 9.47 Å². The first-order chi connectivity index (χ1) is 25.4. The number of benzene rings is 2. The van der Waals surface area contributed by atoms with E-state index in [1.165, 1.54) is 46.1 Å². The highest BCUT2D eigenvalue weighted by molar-refractivity contribution is 6.14. The average Bonchev–Trinajstić information content (AvgIpc) is 3.71. The van der Waals surface area contributed by atoms with Gasteiger partial charge in [-0.25, -0.2) is 9.59 Å². The van der Waals surface area contributed by atoms with Crippen LogP contribution in [0.15, 0.2) is 60.7 Å². The Balaban J connectivity index is 0.000000138. The summed E-state index contributed by atoms with van der Waals surface area (Å²) in [6.07, 6.45) is 13.5. The molecule has 8 nitrogen and oxygen atoms in total. The first-order valence-corrected chi connectivity index (χ1v) is 19.9. The molecule has 4 atom stereocenters. The number of esters is 2. The molecule has 2 fully saturated rings. The number of rotatable bonds is 6. The maximum absolute atomic E-state index is 12.9. The lowest BCUT2D eigenvalue weighted by Gasteiger charge is -2.53. The van der Waals surface area contributed by atoms with Crippen LogP contribution in [0.5, 0.6) is 0 Å². The first-order valence-electron chi connectivity index (χ1n) is 19.9. The Kier molecular flexibility index (Phi) is 8.27. The summed E-state index contributed by atoms with van der Waals surface area (Å²) in [7, 11) is 0. The molecule has 2 saturated heterocycles. The van der Waals surface area contributed by atoms with Gasteiger partial charge in [0.1, 0.15) is 11.4 Å². The zero-order chi connectivity index (χ0) is 35.8. The van der Waals surface area contributed by atoms with Gasteiger partial charge >= 0.3 is 11.9 Å². The minimum absolute atomic E-state index is 0.0416. The molecule has 8 heterocycles. The molecular formula is C44H52N4O4. The Morgan fingerprint density at radius 1 is 0.635 bits per heavy atom. The third kappa shape index (κ3) is 4.72. The number of piperidine rings is 2. The number of para-hydroxylation sites is 2. The van der Waals surface area contributed by atoms with Gasteiger partial charge in [-0.1, -0.05) is 50.2 Å². The van der Waals surface area contributed by atoms with Crippen LogP contribution in [0.25, 0.3) is 33.2 Å². The van der Waals surface area contributed by atoms with E-state index in [-0.39, 0.29) is 22.8 Å². The minimum Gasteiger partial charge on any atom is -0.461 e. The van der Waals surface area contributed by atoms with Crippen LogP contribution in [-0.4, -0.2) is 70.3 Å². The fourth-order valence-corrected chi connectivity index (χ4v) is 11.3. The molecule has 6 aliphatic heterocycles. The molecule has 10 rings (SSSR count). The summed E-state index contributed by atoms with van der Waals surface area (Å²) < 4.78 is 15.4. The molecule has 52 heavy (non-hydrogen) atoms. The van der Waals surface area contributed by atoms with Gasteiger partial charge in [-0.15, -0.1) is 0 Å². The number of hydrogen-bond donors (Lipinski definition) is 0. The third-order valence-electron chi connectivity index (χ3n) is 13.5. The van der Waals surface area contributed by atoms with E-state index in [1.54, 1.807) is 0 Å². The van der Waals surface area contributed by atoms with Crippen LogP contribution in [0.2, 0.25) is 0 Å². The van der Waals surface area contributed by atoms with Gasteiger partial charge in [-0.05, 0) is 114 Å². The molecule has 0 spiro atoms. The maximum atomic E-state index is 12.9. The van der Waals surface area contributed by atoms with Crippen molar-refractivity contribution in [1.29, 1.82) is 0 Å². The van der Waals surface area contributed by atoms with Crippen LogP contribution in [0.1, 0.15) is 101 Å². The monoisotopic (exact) mass is 700 g/mol. The highest BCUT2D eigenvalue weighted by Crippen LogP contribution is 2.58. The highest BCUT2D eigenvalue weighted by atomic mass is 16.5. The quantitative estimate of drug-likeness (QED) is 0.189. The minimum atomic E-state index is -0.190. The maximum Gasteiger partial charge on any atom is 0.354 e. The number of hydrogen-bond acceptors (Lipinski definition) is 6. The standard InChI is InChI=1S/2C22H26N2O2/c2*1-3-22-11-7-12-23-13-10-16-15-8-5-6-9-17(15)24(19(16)20(22)23)18(14-22)21(25)26-4-2/h2*5-6,8-9,14,20H,3-4,7,10-13H2,1-2H3/t2*20-,22+/m11/s1. The van der Waals surface area contributed by atoms with Gasteiger partial charge < -0.3 is 18.6 Å². The van der Waals surface area contributed by atoms with Crippen LogP contribution in [0.3, 0.4) is 0 Å². The van der Waals surface area contributed by atoms with Crippen LogP contribution in [-0.2, 0) is 31.9 Å². The summed E-state index contributed by atoms with van der Waals surface area (Å²) in [6.45, 7) is 13.7. The predicted octanol–water partition coefficient (Wildman–Crippen LogP) is 8.30. The topological polar surface area (TPSA) is 68.9 Å². The van der Waals surface area contributed by atoms with Gasteiger partial charge in [-0.2, -0.15) is 0 Å². The molecule has 4 aromatic rings. The average molecular weight is 701 g/mol. The molecule has 2 aromatic heterocycles. The summed E-state index contributed by atoms with van der Waals surface area (Å²) >= 11 is 0. The summed E-state index contributed by atoms with van der Waals surface area (Å²) in [5.74, 6) is -0.380. The molecule has 0 radical (unpaired) electrons. The van der Waals surface area contributed by atoms with Gasteiger partial charge in [-0.3, -0.25) is 9.80 Å². The predicted molar refractivity (Wildman–Crippen MR) is 206 cm³/mol. The van der Waals surface area contributed by atoms with Gasteiger partial charge in [0.25, 0.3) is 0 Å². The molecule has 0 amide bonds. The molecule has 0 aliphatic carbocycles. The van der Waals surface area contributed by atoms with Crippen molar-refractivity contribution < 1.29 is 19.1 Å². The van der Waals surface area contributed by atoms with Crippen LogP contribution < -0.4 is 0 Å². The molecule has 0 saturated carbocycles. The highest BCUT2D eigenvalue weighted by Gasteiger charge is 2.52. The lowest BCUT2D eigenvalue weighted by atomic mass is 9.66. The largest absolute Gasteiger partial charge is 0.461 e. The molecule has 272 valence electrons. The number of aromatic nitrogens is 2. The number of fused-ring (bicyclic) bond motifs is 6. The number of ether oxygens (including phenoxy) is 2. The molecule has 0 N–H and O–H groups in total. The van der Waals surface area contributed by atoms with Crippen molar-refractivity contribution in [3.63, 3.8) is 0 Å². The molecule has 8 heteroatoms. The van der Waals surface area contributed by atoms with Crippen LogP contribution in [0, 0.1) is 10.8 Å². The van der Waals surface area contributed by atoms with Crippen molar-refractivity contribution in [2.75, 3.05) is 39.4 Å². The van der Waals surface area contributed by atoms with E-state index in [2.05, 4.69) is 93.5 Å². The van der Waals surface area contributed by atoms with Crippen LogP contribution in [0.4, 0.5) is 0 Å². The number of carbonyl (C=O) groups excluding carboxylic acids is 2. The SMILES string of the molecule is CCOC(=O)C1=C[C@]2(CC)CCCN3CCc4c(n1c1ccccc41)[C@@H]32.CCOC(=O)C1=C[C@]2(CC)CCCN3CCc4c(n1c1ccccc41)[C@@H]32. The van der Waals surface area contributed by atoms with Crippen molar-refractivity contribution in [2.24, 2.45) is 10.8 Å². The fraction of sp³-hybridized carbons (Fsp3) is 0.500. The zero-order valence-corrected chi connectivity index (χ0v) is 31.2. The zero-order valence-electron chi connectivity index (χ0n) is 31.2. The van der Waals surface area contributed by atoms with Gasteiger partial charge in [0, 0.05) is 46.1 Å². The van der Waals surface area contributed by atoms with E-state index >= 15 is 0 Å². The van der Waals surface area contributed by atoms with Crippen LogP contribution >= 0.6 is 0 Å². The van der Waals surface area contributed by atoms with E-state index in [1.807, 2.05) is 13.8 Å². The molecular weight excluding hydrogens is 649 g/mol. The Morgan fingerprint density at radius 2 is 1.06 bits per heavy atom. The van der Waals surface area contributed by atoms with E-state index in [0.29, 0.717) is 25.3 Å². The van der Waals surface area contributed by atoms with E-state index < -0.39 is 0 Å². The Labute approximate surface area is 307 Å². The third-order valence-corrected chi connectivity index (χ3v) is 13.5. The lowest BCUT2D eigenvalue weighted by molar-refractivity contribution is -0.137. The fourth-order valence-electron chi connectivity index (χ4n) is 11.3. The van der Waals surface area contributed by atoms with Crippen molar-refractivity contribution in [2.45, 2.75) is 91.1 Å². The second kappa shape index (κ2) is 12.8. The second-order valence-corrected chi connectivity index (χ2v) is 15.7. The molecule has 0 bridgehead atoms. The van der Waals surface area contributed by atoms with Crippen molar-refractivity contribution in [3.05, 3.63) is 83.2 Å². The van der Waals surface area contributed by atoms with Gasteiger partial charge in [0.15, 0.2) is 0 Å². The lowest BCUT2D eigenvalue weighted by Crippen LogP contribution is -2.51. The van der Waals surface area contributed by atoms with E-state index in [9.17, 15) is 9.59 Å². The van der Waals surface area contributed by atoms with Gasteiger partial charge in [0.05, 0.1) is 36.3 Å². The molecule has 6 aliphatic rings. The van der Waals surface area contributed by atoms with Crippen molar-refractivity contribution in [3.8, 4) is 0 Å². The Bertz CT molecular complexity index is 2000. The first kappa shape index (κ1) is 33.7. The molecule has 0 unspecified atom stereocenters. The Hall–Kier alpha value is -4.14. The Morgan fingerprint density at radius 3 is 1.46 bits per heavy atom. The second-order valence-electron chi connectivity index (χ2n) is 15.7. The van der Waals surface area contributed by atoms with Crippen molar-refractivity contribution in [1.82, 2.24) is 18.9 Å². The summed E-state index contributed by atoms with van der Waals surface area (Å²) in [5, 5.41) is 2.60.